The number of rotatable bonds is 3. The van der Waals surface area contributed by atoms with Crippen molar-refractivity contribution in [1.29, 1.82) is 0 Å². The van der Waals surface area contributed by atoms with Crippen LogP contribution < -0.4 is 0 Å². The summed E-state index contributed by atoms with van der Waals surface area (Å²) >= 11 is 0. The molecule has 3 heteroatoms. The third kappa shape index (κ3) is 3.31. The van der Waals surface area contributed by atoms with Crippen LogP contribution in [0, 0.1) is 45.3 Å². The van der Waals surface area contributed by atoms with Crippen LogP contribution in [0.5, 0.6) is 0 Å². The highest BCUT2D eigenvalue weighted by Gasteiger charge is 2.63. The summed E-state index contributed by atoms with van der Waals surface area (Å²) in [6.45, 7) is 17.3. The lowest BCUT2D eigenvalue weighted by Crippen LogP contribution is -2.55. The summed E-state index contributed by atoms with van der Waals surface area (Å²) in [7, 11) is 1.81. The average Bonchev–Trinajstić information content (AvgIpc) is 3.08. The molecule has 1 aliphatic heterocycles. The van der Waals surface area contributed by atoms with E-state index < -0.39 is 0 Å². The van der Waals surface area contributed by atoms with Crippen molar-refractivity contribution in [3.63, 3.8) is 0 Å². The quantitative estimate of drug-likeness (QED) is 0.432. The smallest absolute Gasteiger partial charge is 0.160 e. The molecule has 0 unspecified atom stereocenters. The molecule has 0 radical (unpaired) electrons. The monoisotopic (exact) mass is 472 g/mol. The predicted octanol–water partition coefficient (Wildman–Crippen LogP) is 7.52. The van der Waals surface area contributed by atoms with Crippen molar-refractivity contribution in [2.24, 2.45) is 45.3 Å². The Morgan fingerprint density at radius 2 is 1.65 bits per heavy atom. The molecule has 4 aliphatic carbocycles. The average molecular weight is 473 g/mol. The zero-order valence-corrected chi connectivity index (χ0v) is 23.4. The molecule has 0 aromatic heterocycles. The molecule has 0 bridgehead atoms. The minimum atomic E-state index is -0.150. The second-order valence-corrected chi connectivity index (χ2v) is 14.4. The minimum absolute atomic E-state index is 0.0211. The van der Waals surface area contributed by atoms with Crippen LogP contribution in [-0.4, -0.2) is 30.7 Å². The second-order valence-electron chi connectivity index (χ2n) is 14.4. The SMILES string of the molecule is CO[C@@H]1O[C@H]([C@@H](C)[C@H]2CC[C@@]3(C)C4=C(CC[C@]23C)[C@@]2(C)CC[C@@H](O)C(C)(C)[C@@H]2CC4)CC[C@H]1C. The molecule has 0 aromatic carbocycles. The molecular formula is C31H52O3. The fourth-order valence-corrected chi connectivity index (χ4v) is 10.4. The first-order chi connectivity index (χ1) is 15.9. The summed E-state index contributed by atoms with van der Waals surface area (Å²) in [6, 6.07) is 0. The van der Waals surface area contributed by atoms with Gasteiger partial charge in [-0.1, -0.05) is 59.6 Å². The van der Waals surface area contributed by atoms with Crippen molar-refractivity contribution in [3.05, 3.63) is 11.1 Å². The lowest BCUT2D eigenvalue weighted by atomic mass is 9.43. The highest BCUT2D eigenvalue weighted by atomic mass is 16.7. The van der Waals surface area contributed by atoms with Gasteiger partial charge in [-0.05, 0) is 104 Å². The van der Waals surface area contributed by atoms with Gasteiger partial charge in [-0.15, -0.1) is 0 Å². The van der Waals surface area contributed by atoms with Crippen molar-refractivity contribution in [3.8, 4) is 0 Å². The Kier molecular flexibility index (Phi) is 6.18. The van der Waals surface area contributed by atoms with Crippen LogP contribution in [0.25, 0.3) is 0 Å². The van der Waals surface area contributed by atoms with Crippen LogP contribution in [0.3, 0.4) is 0 Å². The molecule has 194 valence electrons. The summed E-state index contributed by atoms with van der Waals surface area (Å²) in [5.74, 6) is 2.40. The van der Waals surface area contributed by atoms with Gasteiger partial charge < -0.3 is 14.6 Å². The molecule has 0 aromatic rings. The van der Waals surface area contributed by atoms with E-state index in [9.17, 15) is 5.11 Å². The largest absolute Gasteiger partial charge is 0.393 e. The highest BCUT2D eigenvalue weighted by molar-refractivity contribution is 5.38. The number of fused-ring (bicyclic) bond motifs is 4. The molecule has 1 heterocycles. The minimum Gasteiger partial charge on any atom is -0.393 e. The molecule has 5 aliphatic rings. The number of methoxy groups -OCH3 is 1. The zero-order chi connectivity index (χ0) is 24.7. The molecule has 1 saturated heterocycles. The molecule has 0 spiro atoms. The van der Waals surface area contributed by atoms with Gasteiger partial charge in [0.05, 0.1) is 12.2 Å². The summed E-state index contributed by atoms with van der Waals surface area (Å²) in [4.78, 5) is 0. The lowest BCUT2D eigenvalue weighted by Gasteiger charge is -2.62. The fraction of sp³-hybridized carbons (Fsp3) is 0.935. The Labute approximate surface area is 209 Å². The lowest BCUT2D eigenvalue weighted by molar-refractivity contribution is -0.223. The molecule has 3 fully saturated rings. The van der Waals surface area contributed by atoms with Crippen molar-refractivity contribution in [1.82, 2.24) is 0 Å². The number of hydrogen-bond donors (Lipinski definition) is 1. The maximum Gasteiger partial charge on any atom is 0.160 e. The van der Waals surface area contributed by atoms with Gasteiger partial charge in [-0.2, -0.15) is 0 Å². The Morgan fingerprint density at radius 3 is 2.35 bits per heavy atom. The molecular weight excluding hydrogens is 420 g/mol. The third-order valence-electron chi connectivity index (χ3n) is 12.9. The van der Waals surface area contributed by atoms with Gasteiger partial charge in [-0.25, -0.2) is 0 Å². The summed E-state index contributed by atoms with van der Waals surface area (Å²) in [5, 5.41) is 10.9. The van der Waals surface area contributed by atoms with Gasteiger partial charge in [0.1, 0.15) is 0 Å². The van der Waals surface area contributed by atoms with E-state index in [1.165, 1.54) is 57.8 Å². The van der Waals surface area contributed by atoms with E-state index in [0.717, 1.165) is 12.3 Å². The first-order valence-electron chi connectivity index (χ1n) is 14.5. The molecule has 2 saturated carbocycles. The predicted molar refractivity (Wildman–Crippen MR) is 138 cm³/mol. The van der Waals surface area contributed by atoms with E-state index in [2.05, 4.69) is 48.5 Å². The molecule has 10 atom stereocenters. The molecule has 34 heavy (non-hydrogen) atoms. The number of ether oxygens (including phenoxy) is 2. The molecule has 0 amide bonds. The normalized spacial score (nSPS) is 51.4. The van der Waals surface area contributed by atoms with Crippen LogP contribution in [0.15, 0.2) is 11.1 Å². The number of hydrogen-bond acceptors (Lipinski definition) is 3. The van der Waals surface area contributed by atoms with Crippen molar-refractivity contribution in [2.75, 3.05) is 7.11 Å². The van der Waals surface area contributed by atoms with Gasteiger partial charge in [-0.3, -0.25) is 0 Å². The van der Waals surface area contributed by atoms with E-state index in [0.29, 0.717) is 34.7 Å². The Morgan fingerprint density at radius 1 is 0.912 bits per heavy atom. The van der Waals surface area contributed by atoms with Gasteiger partial charge in [0.15, 0.2) is 6.29 Å². The molecule has 3 nitrogen and oxygen atoms in total. The second kappa shape index (κ2) is 8.32. The summed E-state index contributed by atoms with van der Waals surface area (Å²) in [6.07, 6.45) is 12.4. The Hall–Kier alpha value is -0.380. The first-order valence-corrected chi connectivity index (χ1v) is 14.5. The van der Waals surface area contributed by atoms with E-state index in [4.69, 9.17) is 9.47 Å². The third-order valence-corrected chi connectivity index (χ3v) is 12.9. The van der Waals surface area contributed by atoms with E-state index in [1.807, 2.05) is 11.1 Å². The van der Waals surface area contributed by atoms with Crippen molar-refractivity contribution in [2.45, 2.75) is 131 Å². The number of aliphatic hydroxyl groups excluding tert-OH is 1. The topological polar surface area (TPSA) is 38.7 Å². The summed E-state index contributed by atoms with van der Waals surface area (Å²) in [5.41, 5.74) is 4.63. The maximum atomic E-state index is 10.9. The zero-order valence-electron chi connectivity index (χ0n) is 23.4. The maximum absolute atomic E-state index is 10.9. The van der Waals surface area contributed by atoms with E-state index >= 15 is 0 Å². The molecule has 1 N–H and O–H groups in total. The highest BCUT2D eigenvalue weighted by Crippen LogP contribution is 2.72. The van der Waals surface area contributed by atoms with Gasteiger partial charge >= 0.3 is 0 Å². The number of aliphatic hydroxyl groups is 1. The van der Waals surface area contributed by atoms with Crippen LogP contribution in [0.2, 0.25) is 0 Å². The Balaban J connectivity index is 1.44. The van der Waals surface area contributed by atoms with Crippen LogP contribution in [0.1, 0.15) is 113 Å². The van der Waals surface area contributed by atoms with Crippen LogP contribution in [-0.2, 0) is 9.47 Å². The van der Waals surface area contributed by atoms with Gasteiger partial charge in [0, 0.05) is 13.0 Å². The standard InChI is InChI=1S/C31H52O3/c1-19-9-11-24(34-27(19)33-8)20(2)21-13-17-31(7)23-10-12-25-28(3,4)26(32)15-16-29(25,5)22(23)14-18-30(21,31)6/h19-21,24-27,32H,9-18H2,1-8H3/t19-,20+,21-,24+,25+,26-,27-,29-,30-,31+/m1/s1. The van der Waals surface area contributed by atoms with Crippen LogP contribution >= 0.6 is 0 Å². The number of allylic oxidation sites excluding steroid dienone is 2. The fourth-order valence-electron chi connectivity index (χ4n) is 10.4. The van der Waals surface area contributed by atoms with Crippen molar-refractivity contribution >= 4 is 0 Å². The van der Waals surface area contributed by atoms with Crippen molar-refractivity contribution < 1.29 is 14.6 Å². The first kappa shape index (κ1) is 25.3. The summed E-state index contributed by atoms with van der Waals surface area (Å²) < 4.78 is 12.3. The van der Waals surface area contributed by atoms with Crippen LogP contribution in [0.4, 0.5) is 0 Å². The van der Waals surface area contributed by atoms with E-state index in [-0.39, 0.29) is 23.2 Å². The van der Waals surface area contributed by atoms with Gasteiger partial charge in [0.25, 0.3) is 0 Å². The molecule has 5 rings (SSSR count). The van der Waals surface area contributed by atoms with E-state index in [1.54, 1.807) is 7.11 Å². The Bertz CT molecular complexity index is 831. The van der Waals surface area contributed by atoms with Gasteiger partial charge in [0.2, 0.25) is 0 Å².